The zero-order valence-corrected chi connectivity index (χ0v) is 34.0. The molecular weight excluding hydrogens is 717 g/mol. The normalized spacial score (nSPS) is 13.1. The van der Waals surface area contributed by atoms with Crippen molar-refractivity contribution >= 4 is 32.8 Å². The first-order valence-electron chi connectivity index (χ1n) is 20.7. The third-order valence-electron chi connectivity index (χ3n) is 12.6. The van der Waals surface area contributed by atoms with Gasteiger partial charge in [0.2, 0.25) is 0 Å². The number of hydrogen-bond donors (Lipinski definition) is 1. The topological polar surface area (TPSA) is 46.5 Å². The van der Waals surface area contributed by atoms with E-state index in [1.165, 1.54) is 60.8 Å². The van der Waals surface area contributed by atoms with E-state index in [1.807, 2.05) is 6.20 Å². The Morgan fingerprint density at radius 1 is 0.576 bits per heavy atom. The number of imidazole rings is 1. The van der Waals surface area contributed by atoms with Crippen LogP contribution in [0.15, 0.2) is 164 Å². The monoisotopic (exact) mass is 760 g/mol. The lowest BCUT2D eigenvalue weighted by Crippen LogP contribution is -2.30. The van der Waals surface area contributed by atoms with Gasteiger partial charge in [0.1, 0.15) is 5.82 Å². The van der Waals surface area contributed by atoms with Gasteiger partial charge >= 0.3 is 0 Å². The first-order valence-corrected chi connectivity index (χ1v) is 20.7. The third kappa shape index (κ3) is 5.29. The molecule has 4 nitrogen and oxygen atoms in total. The third-order valence-corrected chi connectivity index (χ3v) is 12.6. The van der Waals surface area contributed by atoms with Crippen LogP contribution in [-0.2, 0) is 5.41 Å². The maximum Gasteiger partial charge on any atom is 0.147 e. The Bertz CT molecular complexity index is 3240. The molecule has 0 saturated carbocycles. The second kappa shape index (κ2) is 13.3. The van der Waals surface area contributed by atoms with Crippen molar-refractivity contribution in [1.29, 1.82) is 0 Å². The number of aromatic amines is 1. The molecule has 1 aliphatic rings. The summed E-state index contributed by atoms with van der Waals surface area (Å²) in [7, 11) is 0. The summed E-state index contributed by atoms with van der Waals surface area (Å²) in [5.74, 6) is 1.27. The molecule has 4 heteroatoms. The zero-order chi connectivity index (χ0) is 40.0. The fourth-order valence-corrected chi connectivity index (χ4v) is 9.87. The number of H-pyrrole nitrogens is 1. The number of fused-ring (bicyclic) bond motifs is 7. The number of nitrogens with zero attached hydrogens (tertiary/aromatic N) is 3. The molecule has 0 spiro atoms. The van der Waals surface area contributed by atoms with Gasteiger partial charge in [0.25, 0.3) is 0 Å². The number of pyridine rings is 1. The molecule has 3 aromatic heterocycles. The van der Waals surface area contributed by atoms with Crippen LogP contribution in [0.3, 0.4) is 0 Å². The van der Waals surface area contributed by atoms with E-state index in [1.54, 1.807) is 0 Å². The van der Waals surface area contributed by atoms with Crippen molar-refractivity contribution in [3.05, 3.63) is 209 Å². The number of nitrogens with one attached hydrogen (secondary N) is 1. The van der Waals surface area contributed by atoms with Crippen molar-refractivity contribution in [1.82, 2.24) is 19.5 Å². The molecule has 0 aliphatic heterocycles. The number of aryl methyl sites for hydroxylation is 3. The Kier molecular flexibility index (Phi) is 7.90. The predicted molar refractivity (Wildman–Crippen MR) is 245 cm³/mol. The highest BCUT2D eigenvalue weighted by Gasteiger charge is 2.47. The van der Waals surface area contributed by atoms with Crippen molar-refractivity contribution in [2.45, 2.75) is 46.0 Å². The largest absolute Gasteiger partial charge is 0.354 e. The lowest BCUT2D eigenvalue weighted by atomic mass is 9.68. The van der Waals surface area contributed by atoms with E-state index in [2.05, 4.69) is 202 Å². The molecule has 10 aromatic rings. The highest BCUT2D eigenvalue weighted by atomic mass is 15.1. The molecule has 11 rings (SSSR count). The van der Waals surface area contributed by atoms with Gasteiger partial charge < -0.3 is 4.98 Å². The summed E-state index contributed by atoms with van der Waals surface area (Å²) in [4.78, 5) is 14.7. The van der Waals surface area contributed by atoms with Crippen LogP contribution in [0.1, 0.15) is 64.4 Å². The molecule has 1 aliphatic carbocycles. The average Bonchev–Trinajstić information content (AvgIpc) is 3.92. The van der Waals surface area contributed by atoms with Crippen molar-refractivity contribution < 1.29 is 0 Å². The second-order valence-corrected chi connectivity index (χ2v) is 16.7. The molecule has 0 saturated heterocycles. The SMILES string of the molecule is Cc1ccc(-n2c(-c3cccc4c3[nH]c3ccccc34)nc3c(-c4cc(C)cc(C5(c6cc(C(C)C)ccn6)c6ccccc6-c6ccccc65)c4)cc(C)cc32)cc1. The van der Waals surface area contributed by atoms with E-state index in [0.717, 1.165) is 56.0 Å². The quantitative estimate of drug-likeness (QED) is 0.183. The maximum atomic E-state index is 5.69. The van der Waals surface area contributed by atoms with Gasteiger partial charge in [-0.2, -0.15) is 0 Å². The first-order chi connectivity index (χ1) is 28.8. The van der Waals surface area contributed by atoms with E-state index in [4.69, 9.17) is 9.97 Å². The molecule has 0 bridgehead atoms. The van der Waals surface area contributed by atoms with Gasteiger partial charge in [0, 0.05) is 39.3 Å². The molecule has 0 unspecified atom stereocenters. The number of rotatable bonds is 6. The number of benzene rings is 7. The standard InChI is InChI=1S/C55H44N4/c1-33(2)37-25-26-56-51(32-37)55(47-18-9-6-13-41(47)42-14-7-10-19-48(42)55)39-28-35(4)27-38(31-39)46-29-36(5)30-50-53(46)58-54(59(50)40-23-21-34(3)22-24-40)45-17-12-16-44-43-15-8-11-20-49(43)57-52(44)45/h6-33,57H,1-5H3. The molecule has 0 fully saturated rings. The zero-order valence-electron chi connectivity index (χ0n) is 34.0. The predicted octanol–water partition coefficient (Wildman–Crippen LogP) is 13.8. The molecule has 0 radical (unpaired) electrons. The van der Waals surface area contributed by atoms with E-state index in [-0.39, 0.29) is 0 Å². The van der Waals surface area contributed by atoms with Crippen LogP contribution < -0.4 is 0 Å². The summed E-state index contributed by atoms with van der Waals surface area (Å²) in [6.07, 6.45) is 2.00. The second-order valence-electron chi connectivity index (χ2n) is 16.7. The lowest BCUT2D eigenvalue weighted by molar-refractivity contribution is 0.726. The Hall–Kier alpha value is -7.04. The molecule has 7 aromatic carbocycles. The fourth-order valence-electron chi connectivity index (χ4n) is 9.87. The Morgan fingerprint density at radius 3 is 2.02 bits per heavy atom. The van der Waals surface area contributed by atoms with E-state index < -0.39 is 5.41 Å². The van der Waals surface area contributed by atoms with Gasteiger partial charge in [0.05, 0.1) is 27.7 Å². The summed E-state index contributed by atoms with van der Waals surface area (Å²) < 4.78 is 2.36. The van der Waals surface area contributed by atoms with Gasteiger partial charge in [-0.1, -0.05) is 128 Å². The summed E-state index contributed by atoms with van der Waals surface area (Å²) in [6, 6.07) is 58.1. The summed E-state index contributed by atoms with van der Waals surface area (Å²) in [5, 5.41) is 2.40. The van der Waals surface area contributed by atoms with Gasteiger partial charge in [-0.05, 0) is 126 Å². The van der Waals surface area contributed by atoms with E-state index >= 15 is 0 Å². The lowest BCUT2D eigenvalue weighted by Gasteiger charge is -2.34. The Balaban J connectivity index is 1.21. The van der Waals surface area contributed by atoms with Gasteiger partial charge in [-0.15, -0.1) is 0 Å². The molecule has 0 amide bonds. The van der Waals surface area contributed by atoms with Crippen LogP contribution in [-0.4, -0.2) is 19.5 Å². The summed E-state index contributed by atoms with van der Waals surface area (Å²) >= 11 is 0. The van der Waals surface area contributed by atoms with Gasteiger partial charge in [-0.3, -0.25) is 9.55 Å². The molecule has 284 valence electrons. The van der Waals surface area contributed by atoms with Crippen molar-refractivity contribution in [3.63, 3.8) is 0 Å². The first kappa shape index (κ1) is 35.1. The molecular formula is C55H44N4. The Labute approximate surface area is 344 Å². The number of para-hydroxylation sites is 2. The van der Waals surface area contributed by atoms with Crippen molar-refractivity contribution in [3.8, 4) is 39.3 Å². The Morgan fingerprint density at radius 2 is 1.25 bits per heavy atom. The smallest absolute Gasteiger partial charge is 0.147 e. The van der Waals surface area contributed by atoms with Crippen LogP contribution in [0, 0.1) is 20.8 Å². The molecule has 0 atom stereocenters. The molecule has 59 heavy (non-hydrogen) atoms. The summed E-state index contributed by atoms with van der Waals surface area (Å²) in [6.45, 7) is 11.1. The van der Waals surface area contributed by atoms with Crippen molar-refractivity contribution in [2.75, 3.05) is 0 Å². The van der Waals surface area contributed by atoms with Crippen LogP contribution >= 0.6 is 0 Å². The van der Waals surface area contributed by atoms with E-state index in [9.17, 15) is 0 Å². The minimum Gasteiger partial charge on any atom is -0.354 e. The average molecular weight is 761 g/mol. The summed E-state index contributed by atoms with van der Waals surface area (Å²) in [5.41, 5.74) is 20.2. The fraction of sp³-hybridized carbons (Fsp3) is 0.127. The van der Waals surface area contributed by atoms with Crippen LogP contribution in [0.4, 0.5) is 0 Å². The minimum atomic E-state index is -0.626. The number of aromatic nitrogens is 4. The van der Waals surface area contributed by atoms with Crippen molar-refractivity contribution in [2.24, 2.45) is 0 Å². The molecule has 1 N–H and O–H groups in total. The van der Waals surface area contributed by atoms with Crippen LogP contribution in [0.2, 0.25) is 0 Å². The van der Waals surface area contributed by atoms with Crippen LogP contribution in [0.25, 0.3) is 72.2 Å². The van der Waals surface area contributed by atoms with Crippen LogP contribution in [0.5, 0.6) is 0 Å². The highest BCUT2D eigenvalue weighted by Crippen LogP contribution is 2.56. The van der Waals surface area contributed by atoms with E-state index in [0.29, 0.717) is 5.92 Å². The minimum absolute atomic E-state index is 0.363. The number of hydrogen-bond acceptors (Lipinski definition) is 2. The van der Waals surface area contributed by atoms with Gasteiger partial charge in [-0.25, -0.2) is 4.98 Å². The molecule has 3 heterocycles. The highest BCUT2D eigenvalue weighted by molar-refractivity contribution is 6.12. The maximum absolute atomic E-state index is 5.69. The van der Waals surface area contributed by atoms with Gasteiger partial charge in [0.15, 0.2) is 0 Å².